The SMILES string of the molecule is COC(=O)[C@H]1CN(C(=O)c2ccc(S(C)(=O)=O)cc2)CCS1. The van der Waals surface area contributed by atoms with Crippen molar-refractivity contribution in [3.05, 3.63) is 29.8 Å². The summed E-state index contributed by atoms with van der Waals surface area (Å²) in [5, 5.41) is -0.377. The summed E-state index contributed by atoms with van der Waals surface area (Å²) >= 11 is 1.47. The molecule has 1 aliphatic rings. The highest BCUT2D eigenvalue weighted by atomic mass is 32.2. The Balaban J connectivity index is 2.12. The maximum absolute atomic E-state index is 12.4. The summed E-state index contributed by atoms with van der Waals surface area (Å²) in [5.41, 5.74) is 0.405. The van der Waals surface area contributed by atoms with Crippen LogP contribution < -0.4 is 0 Å². The highest BCUT2D eigenvalue weighted by Gasteiger charge is 2.30. The van der Waals surface area contributed by atoms with E-state index < -0.39 is 9.84 Å². The third-order valence-electron chi connectivity index (χ3n) is 3.35. The van der Waals surface area contributed by atoms with Gasteiger partial charge in [-0.2, -0.15) is 0 Å². The van der Waals surface area contributed by atoms with Crippen molar-refractivity contribution in [2.75, 3.05) is 32.2 Å². The molecule has 0 saturated carbocycles. The fraction of sp³-hybridized carbons (Fsp3) is 0.429. The van der Waals surface area contributed by atoms with E-state index >= 15 is 0 Å². The Labute approximate surface area is 133 Å². The lowest BCUT2D eigenvalue weighted by Crippen LogP contribution is -2.44. The molecule has 1 heterocycles. The van der Waals surface area contributed by atoms with E-state index in [1.165, 1.54) is 43.1 Å². The van der Waals surface area contributed by atoms with E-state index in [1.807, 2.05) is 0 Å². The van der Waals surface area contributed by atoms with E-state index in [2.05, 4.69) is 0 Å². The second-order valence-electron chi connectivity index (χ2n) is 4.93. The number of esters is 1. The van der Waals surface area contributed by atoms with Crippen LogP contribution in [0.5, 0.6) is 0 Å². The number of carbonyl (C=O) groups is 2. The predicted molar refractivity (Wildman–Crippen MR) is 83.7 cm³/mol. The molecule has 1 amide bonds. The van der Waals surface area contributed by atoms with Crippen molar-refractivity contribution in [1.29, 1.82) is 0 Å². The fourth-order valence-corrected chi connectivity index (χ4v) is 3.89. The van der Waals surface area contributed by atoms with Crippen LogP contribution in [0.3, 0.4) is 0 Å². The highest BCUT2D eigenvalue weighted by molar-refractivity contribution is 8.00. The Morgan fingerprint density at radius 3 is 2.45 bits per heavy atom. The first-order valence-corrected chi connectivity index (χ1v) is 9.56. The summed E-state index contributed by atoms with van der Waals surface area (Å²) in [6, 6.07) is 5.82. The fourth-order valence-electron chi connectivity index (χ4n) is 2.14. The number of ether oxygens (including phenoxy) is 1. The van der Waals surface area contributed by atoms with E-state index in [9.17, 15) is 18.0 Å². The number of hydrogen-bond acceptors (Lipinski definition) is 6. The van der Waals surface area contributed by atoms with Gasteiger partial charge >= 0.3 is 5.97 Å². The van der Waals surface area contributed by atoms with Crippen molar-refractivity contribution >= 4 is 33.5 Å². The number of sulfone groups is 1. The summed E-state index contributed by atoms with van der Waals surface area (Å²) in [6.07, 6.45) is 1.12. The molecule has 0 radical (unpaired) electrons. The Hall–Kier alpha value is -1.54. The molecule has 0 aliphatic carbocycles. The lowest BCUT2D eigenvalue weighted by molar-refractivity contribution is -0.140. The quantitative estimate of drug-likeness (QED) is 0.756. The maximum Gasteiger partial charge on any atom is 0.320 e. The first kappa shape index (κ1) is 16.8. The number of rotatable bonds is 3. The summed E-state index contributed by atoms with van der Waals surface area (Å²) in [5.74, 6) is 0.108. The van der Waals surface area contributed by atoms with Crippen molar-refractivity contribution in [1.82, 2.24) is 4.90 Å². The van der Waals surface area contributed by atoms with Crippen molar-refractivity contribution in [2.24, 2.45) is 0 Å². The first-order valence-electron chi connectivity index (χ1n) is 6.62. The monoisotopic (exact) mass is 343 g/mol. The Kier molecular flexibility index (Phi) is 5.12. The Morgan fingerprint density at radius 1 is 1.27 bits per heavy atom. The van der Waals surface area contributed by atoms with Gasteiger partial charge in [-0.25, -0.2) is 8.42 Å². The van der Waals surface area contributed by atoms with Crippen LogP contribution in [-0.4, -0.2) is 62.7 Å². The summed E-state index contributed by atoms with van der Waals surface area (Å²) < 4.78 is 27.5. The molecule has 6 nitrogen and oxygen atoms in total. The second-order valence-corrected chi connectivity index (χ2v) is 8.26. The number of amides is 1. The predicted octanol–water partition coefficient (Wildman–Crippen LogP) is 0.821. The van der Waals surface area contributed by atoms with Gasteiger partial charge in [-0.15, -0.1) is 11.8 Å². The number of nitrogens with zero attached hydrogens (tertiary/aromatic N) is 1. The van der Waals surface area contributed by atoms with Gasteiger partial charge in [-0.3, -0.25) is 9.59 Å². The molecule has 1 aromatic carbocycles. The van der Waals surface area contributed by atoms with Crippen LogP contribution in [0.2, 0.25) is 0 Å². The molecule has 2 rings (SSSR count). The zero-order chi connectivity index (χ0) is 16.3. The van der Waals surface area contributed by atoms with Gasteiger partial charge in [0.15, 0.2) is 9.84 Å². The van der Waals surface area contributed by atoms with E-state index in [0.29, 0.717) is 24.4 Å². The lowest BCUT2D eigenvalue weighted by atomic mass is 10.2. The van der Waals surface area contributed by atoms with Crippen LogP contribution in [0.15, 0.2) is 29.2 Å². The topological polar surface area (TPSA) is 80.8 Å². The van der Waals surface area contributed by atoms with E-state index in [-0.39, 0.29) is 22.0 Å². The van der Waals surface area contributed by atoms with Crippen molar-refractivity contribution in [3.63, 3.8) is 0 Å². The average molecular weight is 343 g/mol. The Morgan fingerprint density at radius 2 is 1.91 bits per heavy atom. The van der Waals surface area contributed by atoms with Gasteiger partial charge in [0, 0.05) is 30.7 Å². The van der Waals surface area contributed by atoms with Crippen molar-refractivity contribution in [3.8, 4) is 0 Å². The highest BCUT2D eigenvalue weighted by Crippen LogP contribution is 2.21. The Bertz CT molecular complexity index is 669. The van der Waals surface area contributed by atoms with Gasteiger partial charge in [0.25, 0.3) is 5.91 Å². The second kappa shape index (κ2) is 6.70. The number of thioether (sulfide) groups is 1. The van der Waals surface area contributed by atoms with Crippen molar-refractivity contribution < 1.29 is 22.7 Å². The molecular formula is C14H17NO5S2. The van der Waals surface area contributed by atoms with Crippen LogP contribution in [-0.2, 0) is 19.4 Å². The molecule has 120 valence electrons. The molecule has 1 saturated heterocycles. The molecule has 8 heteroatoms. The number of hydrogen-bond donors (Lipinski definition) is 0. The molecule has 0 spiro atoms. The van der Waals surface area contributed by atoms with Crippen LogP contribution in [0, 0.1) is 0 Å². The standard InChI is InChI=1S/C14H17NO5S2/c1-20-14(17)12-9-15(7-8-21-12)13(16)10-3-5-11(6-4-10)22(2,18)19/h3-6,12H,7-9H2,1-2H3/t12-/m1/s1. The summed E-state index contributed by atoms with van der Waals surface area (Å²) in [4.78, 5) is 25.8. The van der Waals surface area contributed by atoms with Gasteiger partial charge in [0.2, 0.25) is 0 Å². The van der Waals surface area contributed by atoms with Crippen molar-refractivity contribution in [2.45, 2.75) is 10.1 Å². The zero-order valence-electron chi connectivity index (χ0n) is 12.3. The number of methoxy groups -OCH3 is 1. The molecule has 0 aromatic heterocycles. The number of carbonyl (C=O) groups excluding carboxylic acids is 2. The normalized spacial score (nSPS) is 18.8. The molecule has 0 bridgehead atoms. The van der Waals surface area contributed by atoms with Gasteiger partial charge in [-0.05, 0) is 24.3 Å². The average Bonchev–Trinajstić information content (AvgIpc) is 2.53. The summed E-state index contributed by atoms with van der Waals surface area (Å²) in [7, 11) is -1.96. The third kappa shape index (κ3) is 3.80. The first-order chi connectivity index (χ1) is 10.3. The third-order valence-corrected chi connectivity index (χ3v) is 5.64. The van der Waals surface area contributed by atoms with Crippen LogP contribution in [0.1, 0.15) is 10.4 Å². The van der Waals surface area contributed by atoms with Crippen LogP contribution >= 0.6 is 11.8 Å². The minimum Gasteiger partial charge on any atom is -0.468 e. The summed E-state index contributed by atoms with van der Waals surface area (Å²) in [6.45, 7) is 0.842. The largest absolute Gasteiger partial charge is 0.468 e. The van der Waals surface area contributed by atoms with E-state index in [1.54, 1.807) is 4.90 Å². The van der Waals surface area contributed by atoms with E-state index in [0.717, 1.165) is 6.26 Å². The number of benzene rings is 1. The molecule has 1 aromatic rings. The van der Waals surface area contributed by atoms with Gasteiger partial charge in [-0.1, -0.05) is 0 Å². The molecule has 1 aliphatic heterocycles. The zero-order valence-corrected chi connectivity index (χ0v) is 13.9. The molecule has 1 atom stereocenters. The van der Waals surface area contributed by atoms with Gasteiger partial charge in [0.1, 0.15) is 5.25 Å². The van der Waals surface area contributed by atoms with E-state index in [4.69, 9.17) is 4.74 Å². The maximum atomic E-state index is 12.4. The minimum atomic E-state index is -3.28. The lowest BCUT2D eigenvalue weighted by Gasteiger charge is -2.31. The minimum absolute atomic E-state index is 0.172. The smallest absolute Gasteiger partial charge is 0.320 e. The molecule has 1 fully saturated rings. The molecular weight excluding hydrogens is 326 g/mol. The molecule has 0 unspecified atom stereocenters. The van der Waals surface area contributed by atoms with Crippen LogP contribution in [0.4, 0.5) is 0 Å². The molecule has 22 heavy (non-hydrogen) atoms. The van der Waals surface area contributed by atoms with Gasteiger partial charge < -0.3 is 9.64 Å². The molecule has 0 N–H and O–H groups in total. The van der Waals surface area contributed by atoms with Gasteiger partial charge in [0.05, 0.1) is 12.0 Å². The van der Waals surface area contributed by atoms with Crippen LogP contribution in [0.25, 0.3) is 0 Å².